The van der Waals surface area contributed by atoms with Crippen LogP contribution in [0.25, 0.3) is 5.57 Å². The number of carbonyl (C=O) groups excluding carboxylic acids is 2. The molecule has 0 saturated carbocycles. The number of rotatable bonds is 10. The fraction of sp³-hybridized carbons (Fsp3) is 0.429. The molecular weight excluding hydrogens is 362 g/mol. The van der Waals surface area contributed by atoms with Crippen LogP contribution in [0.2, 0.25) is 5.02 Å². The first-order valence-corrected chi connectivity index (χ1v) is 9.56. The van der Waals surface area contributed by atoms with Crippen molar-refractivity contribution in [3.63, 3.8) is 0 Å². The molecule has 0 aliphatic carbocycles. The number of hydrogen-bond acceptors (Lipinski definition) is 4. The standard InChI is InChI=1S/C21H28ClN3O2/c1-5-7-16(14-26)11-20(23-4)21(27)24-10-9-17(8-6-2)19-12-18(22)13-25-15(19)3/h8,11-14H,5-7,9-10H2,1-4H3,(H,24,27)/b16-11+,17-8-,23-20?. The van der Waals surface area contributed by atoms with Crippen LogP contribution in [0.3, 0.4) is 0 Å². The summed E-state index contributed by atoms with van der Waals surface area (Å²) in [4.78, 5) is 31.8. The summed E-state index contributed by atoms with van der Waals surface area (Å²) in [6, 6.07) is 1.90. The predicted octanol–water partition coefficient (Wildman–Crippen LogP) is 4.34. The highest BCUT2D eigenvalue weighted by atomic mass is 35.5. The number of aldehydes is 1. The van der Waals surface area contributed by atoms with Crippen molar-refractivity contribution in [2.75, 3.05) is 13.6 Å². The number of aliphatic imine (C=N–C) groups is 1. The SMILES string of the molecule is CC/C=C(/CCNC(=O)C(/C=C(/C=O)CCC)=NC)c1cc(Cl)cnc1C. The molecule has 1 aromatic heterocycles. The van der Waals surface area contributed by atoms with Crippen LogP contribution in [0.4, 0.5) is 0 Å². The molecule has 1 aromatic rings. The minimum atomic E-state index is -0.287. The molecule has 0 aliphatic heterocycles. The van der Waals surface area contributed by atoms with Gasteiger partial charge in [0.15, 0.2) is 0 Å². The summed E-state index contributed by atoms with van der Waals surface area (Å²) in [5, 5.41) is 3.46. The van der Waals surface area contributed by atoms with E-state index in [4.69, 9.17) is 11.6 Å². The third-order valence-corrected chi connectivity index (χ3v) is 4.22. The first-order valence-electron chi connectivity index (χ1n) is 9.19. The Kier molecular flexibility index (Phi) is 10.3. The number of nitrogens with one attached hydrogen (secondary N) is 1. The lowest BCUT2D eigenvalue weighted by Crippen LogP contribution is -2.31. The average Bonchev–Trinajstić information content (AvgIpc) is 2.66. The van der Waals surface area contributed by atoms with Crippen LogP contribution in [0, 0.1) is 6.92 Å². The molecular formula is C21H28ClN3O2. The lowest BCUT2D eigenvalue weighted by Gasteiger charge is -2.12. The molecule has 1 amide bonds. The van der Waals surface area contributed by atoms with Gasteiger partial charge in [-0.2, -0.15) is 0 Å². The second-order valence-corrected chi connectivity index (χ2v) is 6.56. The number of nitrogens with zero attached hydrogens (tertiary/aromatic N) is 2. The molecule has 0 saturated heterocycles. The Morgan fingerprint density at radius 3 is 2.67 bits per heavy atom. The van der Waals surface area contributed by atoms with Crippen LogP contribution < -0.4 is 5.32 Å². The fourth-order valence-electron chi connectivity index (χ4n) is 2.69. The van der Waals surface area contributed by atoms with Crippen LogP contribution in [0.1, 0.15) is 50.8 Å². The van der Waals surface area contributed by atoms with Crippen molar-refractivity contribution in [2.24, 2.45) is 4.99 Å². The Balaban J connectivity index is 2.81. The topological polar surface area (TPSA) is 71.4 Å². The van der Waals surface area contributed by atoms with E-state index < -0.39 is 0 Å². The highest BCUT2D eigenvalue weighted by Crippen LogP contribution is 2.24. The maximum atomic E-state index is 12.4. The van der Waals surface area contributed by atoms with Crippen molar-refractivity contribution >= 4 is 35.1 Å². The second kappa shape index (κ2) is 12.2. The molecule has 0 bridgehead atoms. The van der Waals surface area contributed by atoms with Gasteiger partial charge in [-0.3, -0.25) is 19.6 Å². The van der Waals surface area contributed by atoms with Gasteiger partial charge in [0.2, 0.25) is 0 Å². The van der Waals surface area contributed by atoms with Crippen molar-refractivity contribution in [3.8, 4) is 0 Å². The zero-order chi connectivity index (χ0) is 20.2. The number of carbonyl (C=O) groups is 2. The van der Waals surface area contributed by atoms with Crippen molar-refractivity contribution < 1.29 is 9.59 Å². The molecule has 0 aliphatic rings. The van der Waals surface area contributed by atoms with Crippen molar-refractivity contribution in [1.82, 2.24) is 10.3 Å². The fourth-order valence-corrected chi connectivity index (χ4v) is 2.85. The van der Waals surface area contributed by atoms with E-state index in [0.717, 1.165) is 36.0 Å². The van der Waals surface area contributed by atoms with Crippen molar-refractivity contribution in [2.45, 2.75) is 46.5 Å². The van der Waals surface area contributed by atoms with E-state index in [9.17, 15) is 9.59 Å². The Bertz CT molecular complexity index is 752. The number of aromatic nitrogens is 1. The normalized spacial score (nSPS) is 12.9. The summed E-state index contributed by atoms with van der Waals surface area (Å²) < 4.78 is 0. The number of pyridine rings is 1. The van der Waals surface area contributed by atoms with E-state index >= 15 is 0 Å². The van der Waals surface area contributed by atoms with Gasteiger partial charge in [0, 0.05) is 31.0 Å². The minimum Gasteiger partial charge on any atom is -0.350 e. The predicted molar refractivity (Wildman–Crippen MR) is 112 cm³/mol. The summed E-state index contributed by atoms with van der Waals surface area (Å²) in [5.41, 5.74) is 3.82. The monoisotopic (exact) mass is 389 g/mol. The van der Waals surface area contributed by atoms with Gasteiger partial charge in [0.25, 0.3) is 5.91 Å². The van der Waals surface area contributed by atoms with Crippen LogP contribution in [-0.4, -0.2) is 36.5 Å². The highest BCUT2D eigenvalue weighted by Gasteiger charge is 2.11. The first-order chi connectivity index (χ1) is 13.0. The summed E-state index contributed by atoms with van der Waals surface area (Å²) in [6.07, 6.45) is 9.06. The third-order valence-electron chi connectivity index (χ3n) is 4.02. The largest absolute Gasteiger partial charge is 0.350 e. The lowest BCUT2D eigenvalue weighted by molar-refractivity contribution is -0.114. The Hall–Kier alpha value is -2.27. The Morgan fingerprint density at radius 2 is 2.07 bits per heavy atom. The number of hydrogen-bond donors (Lipinski definition) is 1. The van der Waals surface area contributed by atoms with E-state index in [1.807, 2.05) is 19.9 Å². The summed E-state index contributed by atoms with van der Waals surface area (Å²) in [5.74, 6) is -0.287. The molecule has 1 rings (SSSR count). The molecule has 6 heteroatoms. The van der Waals surface area contributed by atoms with Gasteiger partial charge in [0.05, 0.1) is 5.02 Å². The van der Waals surface area contributed by atoms with Crippen LogP contribution >= 0.6 is 11.6 Å². The molecule has 0 spiro atoms. The smallest absolute Gasteiger partial charge is 0.269 e. The minimum absolute atomic E-state index is 0.257. The van der Waals surface area contributed by atoms with Gasteiger partial charge in [-0.25, -0.2) is 0 Å². The number of amides is 1. The van der Waals surface area contributed by atoms with Gasteiger partial charge in [0.1, 0.15) is 12.0 Å². The van der Waals surface area contributed by atoms with Crippen LogP contribution in [0.15, 0.2) is 35.0 Å². The highest BCUT2D eigenvalue weighted by molar-refractivity contribution is 6.43. The molecule has 0 unspecified atom stereocenters. The molecule has 1 heterocycles. The van der Waals surface area contributed by atoms with Gasteiger partial charge in [-0.05, 0) is 49.5 Å². The Labute approximate surface area is 166 Å². The van der Waals surface area contributed by atoms with Crippen LogP contribution in [-0.2, 0) is 9.59 Å². The van der Waals surface area contributed by atoms with E-state index in [2.05, 4.69) is 28.3 Å². The summed E-state index contributed by atoms with van der Waals surface area (Å²) in [6.45, 7) is 6.43. The van der Waals surface area contributed by atoms with E-state index in [0.29, 0.717) is 30.0 Å². The van der Waals surface area contributed by atoms with Gasteiger partial charge in [-0.1, -0.05) is 37.9 Å². The van der Waals surface area contributed by atoms with E-state index in [1.54, 1.807) is 19.3 Å². The molecule has 0 fully saturated rings. The first kappa shape index (κ1) is 22.8. The zero-order valence-electron chi connectivity index (χ0n) is 16.5. The average molecular weight is 390 g/mol. The van der Waals surface area contributed by atoms with E-state index in [1.165, 1.54) is 0 Å². The van der Waals surface area contributed by atoms with Gasteiger partial charge >= 0.3 is 0 Å². The lowest BCUT2D eigenvalue weighted by atomic mass is 10.0. The van der Waals surface area contributed by atoms with E-state index in [-0.39, 0.29) is 11.6 Å². The van der Waals surface area contributed by atoms with Gasteiger partial charge in [-0.15, -0.1) is 0 Å². The number of halogens is 1. The molecule has 0 aromatic carbocycles. The maximum absolute atomic E-state index is 12.4. The van der Waals surface area contributed by atoms with Gasteiger partial charge < -0.3 is 5.32 Å². The van der Waals surface area contributed by atoms with Crippen molar-refractivity contribution in [3.05, 3.63) is 46.3 Å². The molecule has 27 heavy (non-hydrogen) atoms. The molecule has 0 radical (unpaired) electrons. The molecule has 1 N–H and O–H groups in total. The zero-order valence-corrected chi connectivity index (χ0v) is 17.3. The Morgan fingerprint density at radius 1 is 1.33 bits per heavy atom. The third kappa shape index (κ3) is 7.47. The second-order valence-electron chi connectivity index (χ2n) is 6.13. The maximum Gasteiger partial charge on any atom is 0.269 e. The summed E-state index contributed by atoms with van der Waals surface area (Å²) >= 11 is 6.08. The molecule has 0 atom stereocenters. The van der Waals surface area contributed by atoms with Crippen molar-refractivity contribution in [1.29, 1.82) is 0 Å². The quantitative estimate of drug-likeness (QED) is 0.367. The molecule has 5 nitrogen and oxygen atoms in total. The summed E-state index contributed by atoms with van der Waals surface area (Å²) in [7, 11) is 1.54. The van der Waals surface area contributed by atoms with Crippen LogP contribution in [0.5, 0.6) is 0 Å². The number of allylic oxidation sites excluding steroid dienone is 2. The molecule has 146 valence electrons. The number of aryl methyl sites for hydroxylation is 1.